The predicted octanol–water partition coefficient (Wildman–Crippen LogP) is 2.63. The molecule has 1 aliphatic rings. The number of amides is 1. The molecule has 3 N–H and O–H groups in total. The van der Waals surface area contributed by atoms with Gasteiger partial charge in [0.2, 0.25) is 0 Å². The van der Waals surface area contributed by atoms with Crippen LogP contribution in [0.3, 0.4) is 0 Å². The van der Waals surface area contributed by atoms with Crippen LogP contribution >= 0.6 is 12.4 Å². The molecule has 0 fully saturated rings. The highest BCUT2D eigenvalue weighted by atomic mass is 35.5. The normalized spacial score (nSPS) is 15.2. The first-order valence-corrected chi connectivity index (χ1v) is 7.60. The summed E-state index contributed by atoms with van der Waals surface area (Å²) in [6.07, 6.45) is 2.87. The van der Waals surface area contributed by atoms with E-state index in [1.807, 2.05) is 0 Å². The second-order valence-corrected chi connectivity index (χ2v) is 6.17. The van der Waals surface area contributed by atoms with E-state index in [-0.39, 0.29) is 35.9 Å². The van der Waals surface area contributed by atoms with E-state index < -0.39 is 0 Å². The Bertz CT molecular complexity index is 552. The van der Waals surface area contributed by atoms with Crippen LogP contribution in [0.2, 0.25) is 0 Å². The van der Waals surface area contributed by atoms with E-state index in [0.29, 0.717) is 35.8 Å². The molecule has 0 aromatic carbocycles. The summed E-state index contributed by atoms with van der Waals surface area (Å²) in [6, 6.07) is -0.0743. The van der Waals surface area contributed by atoms with Gasteiger partial charge in [-0.15, -0.1) is 12.4 Å². The molecule has 0 saturated carbocycles. The molecule has 1 atom stereocenters. The summed E-state index contributed by atoms with van der Waals surface area (Å²) in [6.45, 7) is 6.34. The van der Waals surface area contributed by atoms with Crippen molar-refractivity contribution in [2.45, 2.75) is 52.5 Å². The first-order chi connectivity index (χ1) is 9.93. The Hall–Kier alpha value is -1.33. The van der Waals surface area contributed by atoms with Crippen molar-refractivity contribution in [1.82, 2.24) is 5.32 Å². The third-order valence-electron chi connectivity index (χ3n) is 3.89. The summed E-state index contributed by atoms with van der Waals surface area (Å²) in [5, 5.41) is 2.91. The Morgan fingerprint density at radius 3 is 2.59 bits per heavy atom. The Kier molecular flexibility index (Phi) is 6.63. The first kappa shape index (κ1) is 18.7. The summed E-state index contributed by atoms with van der Waals surface area (Å²) >= 11 is 0. The molecule has 1 aromatic rings. The van der Waals surface area contributed by atoms with E-state index in [0.717, 1.165) is 19.3 Å². The monoisotopic (exact) mass is 328 g/mol. The van der Waals surface area contributed by atoms with E-state index in [9.17, 15) is 9.59 Å². The van der Waals surface area contributed by atoms with Gasteiger partial charge in [0.25, 0.3) is 5.91 Å². The standard InChI is InChI=1S/C16H24N2O3.ClH/c1-9(2)7-11(8-17)18-16(20)15-10(3)14-12(19)5-4-6-13(14)21-15;/h9,11H,4-8,17H2,1-3H3,(H,18,20);1H. The zero-order valence-corrected chi connectivity index (χ0v) is 14.2. The number of carbonyl (C=O) groups is 2. The molecule has 1 unspecified atom stereocenters. The number of furan rings is 1. The van der Waals surface area contributed by atoms with Gasteiger partial charge in [-0.1, -0.05) is 13.8 Å². The van der Waals surface area contributed by atoms with Crippen LogP contribution in [-0.4, -0.2) is 24.3 Å². The van der Waals surface area contributed by atoms with Crippen LogP contribution in [0, 0.1) is 12.8 Å². The molecule has 0 radical (unpaired) electrons. The minimum absolute atomic E-state index is 0. The molecule has 5 nitrogen and oxygen atoms in total. The van der Waals surface area contributed by atoms with Gasteiger partial charge in [-0.25, -0.2) is 0 Å². The van der Waals surface area contributed by atoms with Crippen LogP contribution in [0.15, 0.2) is 4.42 Å². The Balaban J connectivity index is 0.00000242. The Labute approximate surface area is 137 Å². The van der Waals surface area contributed by atoms with Crippen molar-refractivity contribution in [2.24, 2.45) is 11.7 Å². The SMILES string of the molecule is Cc1c(C(=O)NC(CN)CC(C)C)oc2c1C(=O)CCC2.Cl. The van der Waals surface area contributed by atoms with Gasteiger partial charge in [-0.2, -0.15) is 0 Å². The maximum Gasteiger partial charge on any atom is 0.287 e. The van der Waals surface area contributed by atoms with Crippen LogP contribution in [0.4, 0.5) is 0 Å². The molecule has 6 heteroatoms. The third kappa shape index (κ3) is 3.90. The molecule has 0 bridgehead atoms. The molecule has 1 heterocycles. The smallest absolute Gasteiger partial charge is 0.287 e. The van der Waals surface area contributed by atoms with E-state index >= 15 is 0 Å². The third-order valence-corrected chi connectivity index (χ3v) is 3.89. The van der Waals surface area contributed by atoms with Gasteiger partial charge in [-0.3, -0.25) is 9.59 Å². The lowest BCUT2D eigenvalue weighted by Crippen LogP contribution is -2.41. The van der Waals surface area contributed by atoms with E-state index in [1.165, 1.54) is 0 Å². The molecule has 1 amide bonds. The van der Waals surface area contributed by atoms with Crippen molar-refractivity contribution < 1.29 is 14.0 Å². The molecule has 22 heavy (non-hydrogen) atoms. The number of halogens is 1. The summed E-state index contributed by atoms with van der Waals surface area (Å²) in [5.41, 5.74) is 6.98. The number of hydrogen-bond donors (Lipinski definition) is 2. The topological polar surface area (TPSA) is 85.3 Å². The second kappa shape index (κ2) is 7.79. The highest BCUT2D eigenvalue weighted by molar-refractivity contribution is 6.03. The quantitative estimate of drug-likeness (QED) is 0.870. The molecule has 0 saturated heterocycles. The molecule has 0 aliphatic heterocycles. The number of aryl methyl sites for hydroxylation is 1. The van der Waals surface area contributed by atoms with Gasteiger partial charge in [0.05, 0.1) is 5.56 Å². The zero-order valence-electron chi connectivity index (χ0n) is 13.4. The highest BCUT2D eigenvalue weighted by Crippen LogP contribution is 2.29. The Morgan fingerprint density at radius 2 is 2.05 bits per heavy atom. The van der Waals surface area contributed by atoms with E-state index in [4.69, 9.17) is 10.2 Å². The highest BCUT2D eigenvalue weighted by Gasteiger charge is 2.29. The van der Waals surface area contributed by atoms with Crippen LogP contribution in [-0.2, 0) is 6.42 Å². The van der Waals surface area contributed by atoms with Gasteiger partial charge in [0, 0.05) is 31.0 Å². The van der Waals surface area contributed by atoms with Crippen LogP contribution in [0.5, 0.6) is 0 Å². The number of rotatable bonds is 5. The fraction of sp³-hybridized carbons (Fsp3) is 0.625. The lowest BCUT2D eigenvalue weighted by Gasteiger charge is -2.18. The van der Waals surface area contributed by atoms with Gasteiger partial charge >= 0.3 is 0 Å². The zero-order chi connectivity index (χ0) is 15.6. The van der Waals surface area contributed by atoms with Gasteiger partial charge in [0.15, 0.2) is 11.5 Å². The van der Waals surface area contributed by atoms with Crippen molar-refractivity contribution >= 4 is 24.1 Å². The van der Waals surface area contributed by atoms with E-state index in [1.54, 1.807) is 6.92 Å². The first-order valence-electron chi connectivity index (χ1n) is 7.60. The van der Waals surface area contributed by atoms with Crippen LogP contribution in [0.25, 0.3) is 0 Å². The van der Waals surface area contributed by atoms with Crippen molar-refractivity contribution in [3.8, 4) is 0 Å². The number of nitrogens with one attached hydrogen (secondary N) is 1. The van der Waals surface area contributed by atoms with Crippen LogP contribution in [0.1, 0.15) is 65.3 Å². The predicted molar refractivity (Wildman–Crippen MR) is 87.7 cm³/mol. The van der Waals surface area contributed by atoms with Crippen molar-refractivity contribution in [3.05, 3.63) is 22.6 Å². The number of carbonyl (C=O) groups excluding carboxylic acids is 2. The molecular weight excluding hydrogens is 304 g/mol. The van der Waals surface area contributed by atoms with E-state index in [2.05, 4.69) is 19.2 Å². The summed E-state index contributed by atoms with van der Waals surface area (Å²) < 4.78 is 5.65. The molecule has 124 valence electrons. The summed E-state index contributed by atoms with van der Waals surface area (Å²) in [7, 11) is 0. The molecular formula is C16H25ClN2O3. The molecule has 0 spiro atoms. The Morgan fingerprint density at radius 1 is 1.36 bits per heavy atom. The fourth-order valence-corrected chi connectivity index (χ4v) is 2.90. The van der Waals surface area contributed by atoms with Gasteiger partial charge in [0.1, 0.15) is 5.76 Å². The summed E-state index contributed by atoms with van der Waals surface area (Å²) in [5.74, 6) is 1.17. The minimum atomic E-state index is -0.272. The molecule has 1 aliphatic carbocycles. The summed E-state index contributed by atoms with van der Waals surface area (Å²) in [4.78, 5) is 24.3. The minimum Gasteiger partial charge on any atom is -0.455 e. The maximum absolute atomic E-state index is 12.4. The lowest BCUT2D eigenvalue weighted by molar-refractivity contribution is 0.0900. The lowest BCUT2D eigenvalue weighted by atomic mass is 9.94. The fourth-order valence-electron chi connectivity index (χ4n) is 2.90. The number of Topliss-reactive ketones (excluding diaryl/α,β-unsaturated/α-hetero) is 1. The average molecular weight is 329 g/mol. The molecule has 2 rings (SSSR count). The molecule has 1 aromatic heterocycles. The number of fused-ring (bicyclic) bond motifs is 1. The van der Waals surface area contributed by atoms with Crippen molar-refractivity contribution in [2.75, 3.05) is 6.54 Å². The number of ketones is 1. The average Bonchev–Trinajstić information content (AvgIpc) is 2.76. The van der Waals surface area contributed by atoms with Crippen LogP contribution < -0.4 is 11.1 Å². The maximum atomic E-state index is 12.4. The van der Waals surface area contributed by atoms with Gasteiger partial charge < -0.3 is 15.5 Å². The second-order valence-electron chi connectivity index (χ2n) is 6.17. The van der Waals surface area contributed by atoms with Gasteiger partial charge in [-0.05, 0) is 25.7 Å². The van der Waals surface area contributed by atoms with Crippen molar-refractivity contribution in [1.29, 1.82) is 0 Å². The number of nitrogens with two attached hydrogens (primary N) is 1. The van der Waals surface area contributed by atoms with Crippen molar-refractivity contribution in [3.63, 3.8) is 0 Å². The number of hydrogen-bond acceptors (Lipinski definition) is 4. The largest absolute Gasteiger partial charge is 0.455 e.